The maximum atomic E-state index is 5.65. The predicted octanol–water partition coefficient (Wildman–Crippen LogP) is 0.859. The van der Waals surface area contributed by atoms with Gasteiger partial charge in [0.1, 0.15) is 11.5 Å². The Labute approximate surface area is 83.0 Å². The summed E-state index contributed by atoms with van der Waals surface area (Å²) in [6, 6.07) is 6.03. The third-order valence-electron chi connectivity index (χ3n) is 2.25. The summed E-state index contributed by atoms with van der Waals surface area (Å²) in [5.41, 5.74) is 7.62. The van der Waals surface area contributed by atoms with Crippen molar-refractivity contribution in [1.29, 1.82) is 0 Å². The Morgan fingerprint density at radius 1 is 1.43 bits per heavy atom. The van der Waals surface area contributed by atoms with Crippen LogP contribution in [0.25, 0.3) is 5.65 Å². The van der Waals surface area contributed by atoms with Gasteiger partial charge in [0, 0.05) is 20.6 Å². The molecule has 0 bridgehead atoms. The standard InChI is InChI=1S/C10H14N4/c1-13(2)10-5-3-4-9-12-7-8(6-11)14(9)10/h3-5,7H,6,11H2,1-2H3. The maximum absolute atomic E-state index is 5.65. The normalized spacial score (nSPS) is 10.8. The summed E-state index contributed by atoms with van der Waals surface area (Å²) in [5, 5.41) is 0. The molecule has 0 aliphatic carbocycles. The van der Waals surface area contributed by atoms with Crippen molar-refractivity contribution in [2.24, 2.45) is 5.73 Å². The summed E-state index contributed by atoms with van der Waals surface area (Å²) in [6.07, 6.45) is 1.82. The average molecular weight is 190 g/mol. The van der Waals surface area contributed by atoms with Crippen molar-refractivity contribution in [3.05, 3.63) is 30.1 Å². The smallest absolute Gasteiger partial charge is 0.138 e. The first-order valence-electron chi connectivity index (χ1n) is 4.57. The molecule has 74 valence electrons. The van der Waals surface area contributed by atoms with Gasteiger partial charge in [0.05, 0.1) is 11.9 Å². The van der Waals surface area contributed by atoms with Gasteiger partial charge >= 0.3 is 0 Å². The molecule has 0 atom stereocenters. The minimum Gasteiger partial charge on any atom is -0.364 e. The molecule has 0 amide bonds. The summed E-state index contributed by atoms with van der Waals surface area (Å²) in [5.74, 6) is 1.10. The molecule has 2 aromatic rings. The van der Waals surface area contributed by atoms with E-state index in [4.69, 9.17) is 5.73 Å². The summed E-state index contributed by atoms with van der Waals surface area (Å²) in [6.45, 7) is 0.506. The fourth-order valence-corrected chi connectivity index (χ4v) is 1.57. The molecule has 0 unspecified atom stereocenters. The number of imidazole rings is 1. The molecule has 2 rings (SSSR count). The molecule has 4 heteroatoms. The molecule has 2 N–H and O–H groups in total. The summed E-state index contributed by atoms with van der Waals surface area (Å²) < 4.78 is 2.07. The van der Waals surface area contributed by atoms with Crippen LogP contribution in [0.15, 0.2) is 24.4 Å². The Kier molecular flexibility index (Phi) is 2.13. The molecule has 0 radical (unpaired) electrons. The van der Waals surface area contributed by atoms with Gasteiger partial charge < -0.3 is 10.6 Å². The second kappa shape index (κ2) is 3.31. The van der Waals surface area contributed by atoms with Gasteiger partial charge in [-0.25, -0.2) is 4.98 Å². The molecule has 0 saturated carbocycles. The highest BCUT2D eigenvalue weighted by molar-refractivity contribution is 5.52. The number of rotatable bonds is 2. The van der Waals surface area contributed by atoms with Gasteiger partial charge in [-0.05, 0) is 12.1 Å². The van der Waals surface area contributed by atoms with Crippen LogP contribution in [0.4, 0.5) is 5.82 Å². The minimum absolute atomic E-state index is 0.506. The van der Waals surface area contributed by atoms with E-state index in [-0.39, 0.29) is 0 Å². The van der Waals surface area contributed by atoms with Crippen LogP contribution < -0.4 is 10.6 Å². The lowest BCUT2D eigenvalue weighted by atomic mass is 10.4. The molecule has 2 heterocycles. The van der Waals surface area contributed by atoms with Crippen molar-refractivity contribution in [1.82, 2.24) is 9.38 Å². The van der Waals surface area contributed by atoms with Gasteiger partial charge in [0.15, 0.2) is 0 Å². The number of aromatic nitrogens is 2. The van der Waals surface area contributed by atoms with Crippen LogP contribution in [0.1, 0.15) is 5.69 Å². The quantitative estimate of drug-likeness (QED) is 0.764. The monoisotopic (exact) mass is 190 g/mol. The van der Waals surface area contributed by atoms with E-state index in [1.54, 1.807) is 0 Å². The molecule has 0 saturated heterocycles. The van der Waals surface area contributed by atoms with Crippen LogP contribution in [-0.4, -0.2) is 23.5 Å². The third kappa shape index (κ3) is 1.24. The van der Waals surface area contributed by atoms with Crippen LogP contribution in [-0.2, 0) is 6.54 Å². The second-order valence-electron chi connectivity index (χ2n) is 3.43. The van der Waals surface area contributed by atoms with Crippen LogP contribution in [0.2, 0.25) is 0 Å². The fraction of sp³-hybridized carbons (Fsp3) is 0.300. The van der Waals surface area contributed by atoms with Crippen LogP contribution in [0.5, 0.6) is 0 Å². The van der Waals surface area contributed by atoms with Gasteiger partial charge in [-0.3, -0.25) is 4.40 Å². The largest absolute Gasteiger partial charge is 0.364 e. The van der Waals surface area contributed by atoms with E-state index < -0.39 is 0 Å². The number of hydrogen-bond acceptors (Lipinski definition) is 3. The van der Waals surface area contributed by atoms with E-state index in [0.29, 0.717) is 6.54 Å². The lowest BCUT2D eigenvalue weighted by Gasteiger charge is -2.15. The predicted molar refractivity (Wildman–Crippen MR) is 57.4 cm³/mol. The van der Waals surface area contributed by atoms with Gasteiger partial charge in [0.2, 0.25) is 0 Å². The SMILES string of the molecule is CN(C)c1cccc2ncc(CN)n12. The fourth-order valence-electron chi connectivity index (χ4n) is 1.57. The van der Waals surface area contributed by atoms with Crippen molar-refractivity contribution in [3.63, 3.8) is 0 Å². The van der Waals surface area contributed by atoms with E-state index in [9.17, 15) is 0 Å². The van der Waals surface area contributed by atoms with Crippen molar-refractivity contribution >= 4 is 11.5 Å². The molecule has 0 fully saturated rings. The number of fused-ring (bicyclic) bond motifs is 1. The molecule has 0 aromatic carbocycles. The molecule has 2 aromatic heterocycles. The van der Waals surface area contributed by atoms with E-state index in [0.717, 1.165) is 17.2 Å². The highest BCUT2D eigenvalue weighted by atomic mass is 15.2. The Morgan fingerprint density at radius 3 is 2.86 bits per heavy atom. The number of pyridine rings is 1. The Morgan fingerprint density at radius 2 is 2.21 bits per heavy atom. The molecule has 0 spiro atoms. The van der Waals surface area contributed by atoms with Crippen molar-refractivity contribution in [2.45, 2.75) is 6.54 Å². The Balaban J connectivity index is 2.75. The summed E-state index contributed by atoms with van der Waals surface area (Å²) >= 11 is 0. The summed E-state index contributed by atoms with van der Waals surface area (Å²) in [7, 11) is 4.02. The zero-order valence-corrected chi connectivity index (χ0v) is 8.44. The van der Waals surface area contributed by atoms with Gasteiger partial charge in [-0.15, -0.1) is 0 Å². The van der Waals surface area contributed by atoms with Crippen molar-refractivity contribution in [3.8, 4) is 0 Å². The van der Waals surface area contributed by atoms with Crippen molar-refractivity contribution in [2.75, 3.05) is 19.0 Å². The average Bonchev–Trinajstić information content (AvgIpc) is 2.59. The number of nitrogens with two attached hydrogens (primary N) is 1. The lowest BCUT2D eigenvalue weighted by molar-refractivity contribution is 0.929. The molecular weight excluding hydrogens is 176 g/mol. The van der Waals surface area contributed by atoms with Gasteiger partial charge in [0.25, 0.3) is 0 Å². The first kappa shape index (κ1) is 9.02. The van der Waals surface area contributed by atoms with E-state index in [1.807, 2.05) is 43.4 Å². The highest BCUT2D eigenvalue weighted by Crippen LogP contribution is 2.16. The summed E-state index contributed by atoms with van der Waals surface area (Å²) in [4.78, 5) is 6.34. The number of anilines is 1. The second-order valence-corrected chi connectivity index (χ2v) is 3.43. The number of nitrogens with zero attached hydrogens (tertiary/aromatic N) is 3. The zero-order chi connectivity index (χ0) is 10.1. The Hall–Kier alpha value is -1.55. The first-order chi connectivity index (χ1) is 6.74. The lowest BCUT2D eigenvalue weighted by Crippen LogP contribution is -2.14. The van der Waals surface area contributed by atoms with E-state index in [2.05, 4.69) is 9.38 Å². The van der Waals surface area contributed by atoms with Crippen molar-refractivity contribution < 1.29 is 0 Å². The van der Waals surface area contributed by atoms with E-state index >= 15 is 0 Å². The van der Waals surface area contributed by atoms with Gasteiger partial charge in [-0.2, -0.15) is 0 Å². The Bertz CT molecular complexity index is 444. The van der Waals surface area contributed by atoms with Crippen LogP contribution in [0.3, 0.4) is 0 Å². The minimum atomic E-state index is 0.506. The third-order valence-corrected chi connectivity index (χ3v) is 2.25. The highest BCUT2D eigenvalue weighted by Gasteiger charge is 2.06. The van der Waals surface area contributed by atoms with E-state index in [1.165, 1.54) is 0 Å². The maximum Gasteiger partial charge on any atom is 0.138 e. The molecule has 0 aliphatic heterocycles. The zero-order valence-electron chi connectivity index (χ0n) is 8.44. The molecule has 14 heavy (non-hydrogen) atoms. The topological polar surface area (TPSA) is 46.6 Å². The number of hydrogen-bond donors (Lipinski definition) is 1. The van der Waals surface area contributed by atoms with Crippen LogP contribution in [0, 0.1) is 0 Å². The van der Waals surface area contributed by atoms with Gasteiger partial charge in [-0.1, -0.05) is 6.07 Å². The molecule has 4 nitrogen and oxygen atoms in total. The van der Waals surface area contributed by atoms with Crippen LogP contribution >= 0.6 is 0 Å². The first-order valence-corrected chi connectivity index (χ1v) is 4.57. The molecular formula is C10H14N4. The molecule has 0 aliphatic rings.